The molecule has 2 heterocycles. The minimum atomic E-state index is 0.00272. The zero-order chi connectivity index (χ0) is 18.5. The topological polar surface area (TPSA) is 59.8 Å². The molecule has 5 nitrogen and oxygen atoms in total. The van der Waals surface area contributed by atoms with E-state index in [1.54, 1.807) is 23.6 Å². The lowest BCUT2D eigenvalue weighted by atomic mass is 10.1. The van der Waals surface area contributed by atoms with E-state index in [9.17, 15) is 4.79 Å². The van der Waals surface area contributed by atoms with Gasteiger partial charge >= 0.3 is 0 Å². The normalized spacial score (nSPS) is 10.7. The quantitative estimate of drug-likeness (QED) is 0.521. The van der Waals surface area contributed by atoms with Gasteiger partial charge in [0.2, 0.25) is 0 Å². The van der Waals surface area contributed by atoms with Gasteiger partial charge in [-0.05, 0) is 19.4 Å². The van der Waals surface area contributed by atoms with Crippen molar-refractivity contribution in [1.29, 1.82) is 0 Å². The van der Waals surface area contributed by atoms with Crippen molar-refractivity contribution in [2.45, 2.75) is 20.3 Å². The number of anilines is 1. The first-order valence-corrected chi connectivity index (χ1v) is 9.57. The Bertz CT molecular complexity index is 928. The fourth-order valence-corrected chi connectivity index (χ4v) is 3.17. The minimum absolute atomic E-state index is 0.00272. The van der Waals surface area contributed by atoms with Crippen molar-refractivity contribution in [3.8, 4) is 22.6 Å². The molecule has 1 aromatic carbocycles. The van der Waals surface area contributed by atoms with Gasteiger partial charge < -0.3 is 9.29 Å². The molecule has 2 aromatic heterocycles. The second-order valence-electron chi connectivity index (χ2n) is 6.11. The van der Waals surface area contributed by atoms with Crippen LogP contribution in [0.25, 0.3) is 22.6 Å². The summed E-state index contributed by atoms with van der Waals surface area (Å²) in [6.07, 6.45) is 2.90. The molecule has 3 aromatic rings. The largest absolute Gasteiger partial charge is 0.318 e. The highest BCUT2D eigenvalue weighted by atomic mass is 32.2. The molecule has 6 heteroatoms. The van der Waals surface area contributed by atoms with E-state index in [2.05, 4.69) is 16.6 Å². The molecule has 0 saturated carbocycles. The van der Waals surface area contributed by atoms with Crippen molar-refractivity contribution in [3.63, 3.8) is 0 Å². The van der Waals surface area contributed by atoms with Gasteiger partial charge in [-0.2, -0.15) is 0 Å². The van der Waals surface area contributed by atoms with Crippen LogP contribution in [0.4, 0.5) is 5.82 Å². The molecule has 0 atom stereocenters. The monoisotopic (exact) mass is 366 g/mol. The molecule has 0 aliphatic carbocycles. The highest BCUT2D eigenvalue weighted by Gasteiger charge is 2.10. The number of pyridine rings is 1. The number of aromatic nitrogens is 3. The fourth-order valence-electron chi connectivity index (χ4n) is 2.61. The third kappa shape index (κ3) is 4.14. The number of rotatable bonds is 6. The van der Waals surface area contributed by atoms with Crippen molar-refractivity contribution < 1.29 is 0 Å². The van der Waals surface area contributed by atoms with Crippen LogP contribution in [0.2, 0.25) is 0 Å². The number of nitrogens with one attached hydrogen (secondary N) is 1. The zero-order valence-electron chi connectivity index (χ0n) is 15.2. The molecule has 3 rings (SSSR count). The first kappa shape index (κ1) is 18.2. The maximum Gasteiger partial charge on any atom is 0.253 e. The third-order valence-corrected chi connectivity index (χ3v) is 4.87. The van der Waals surface area contributed by atoms with Crippen LogP contribution in [0, 0.1) is 6.92 Å². The first-order valence-electron chi connectivity index (χ1n) is 8.58. The summed E-state index contributed by atoms with van der Waals surface area (Å²) in [7, 11) is 1.76. The van der Waals surface area contributed by atoms with E-state index in [0.717, 1.165) is 34.8 Å². The van der Waals surface area contributed by atoms with E-state index >= 15 is 0 Å². The van der Waals surface area contributed by atoms with Crippen molar-refractivity contribution in [3.05, 3.63) is 64.6 Å². The Morgan fingerprint density at radius 1 is 1.12 bits per heavy atom. The van der Waals surface area contributed by atoms with Crippen LogP contribution in [0.5, 0.6) is 0 Å². The molecule has 0 amide bonds. The van der Waals surface area contributed by atoms with Crippen LogP contribution in [0.3, 0.4) is 0 Å². The molecular weight excluding hydrogens is 344 g/mol. The van der Waals surface area contributed by atoms with Gasteiger partial charge in [0.1, 0.15) is 5.82 Å². The summed E-state index contributed by atoms with van der Waals surface area (Å²) < 4.78 is 4.89. The number of hydrogen-bond donors (Lipinski definition) is 1. The van der Waals surface area contributed by atoms with E-state index in [1.807, 2.05) is 55.6 Å². The molecule has 0 spiro atoms. The van der Waals surface area contributed by atoms with Crippen LogP contribution in [0.1, 0.15) is 18.9 Å². The summed E-state index contributed by atoms with van der Waals surface area (Å²) in [4.78, 5) is 21.4. The standard InChI is InChI=1S/C20H22N4OS/c1-4-10-26-23-18-12-17(16-11-14(2)20(25)24(3)13-16)21-19(22-18)15-8-6-5-7-9-15/h5-9,11-13H,4,10H2,1-3H3,(H,21,22,23). The Balaban J connectivity index is 2.09. The molecule has 0 aliphatic rings. The van der Waals surface area contributed by atoms with Gasteiger partial charge in [-0.15, -0.1) is 0 Å². The summed E-state index contributed by atoms with van der Waals surface area (Å²) in [5, 5.41) is 0. The van der Waals surface area contributed by atoms with Gasteiger partial charge in [-0.1, -0.05) is 49.2 Å². The second-order valence-corrected chi connectivity index (χ2v) is 7.01. The van der Waals surface area contributed by atoms with Crippen molar-refractivity contribution in [2.75, 3.05) is 10.5 Å². The lowest BCUT2D eigenvalue weighted by molar-refractivity contribution is 0.849. The molecule has 0 unspecified atom stereocenters. The highest BCUT2D eigenvalue weighted by molar-refractivity contribution is 8.00. The maximum atomic E-state index is 12.0. The SMILES string of the molecule is CCCSNc1cc(-c2cc(C)c(=O)n(C)c2)nc(-c2ccccc2)n1. The number of benzene rings is 1. The number of hydrogen-bond acceptors (Lipinski definition) is 5. The van der Waals surface area contributed by atoms with Gasteiger partial charge in [0.05, 0.1) is 5.69 Å². The molecule has 0 fully saturated rings. The van der Waals surface area contributed by atoms with Crippen molar-refractivity contribution in [1.82, 2.24) is 14.5 Å². The van der Waals surface area contributed by atoms with Crippen LogP contribution < -0.4 is 10.3 Å². The molecule has 26 heavy (non-hydrogen) atoms. The van der Waals surface area contributed by atoms with Gasteiger partial charge in [0.25, 0.3) is 5.56 Å². The van der Waals surface area contributed by atoms with Crippen LogP contribution in [0.15, 0.2) is 53.5 Å². The minimum Gasteiger partial charge on any atom is -0.318 e. The Morgan fingerprint density at radius 2 is 1.88 bits per heavy atom. The molecule has 1 N–H and O–H groups in total. The molecule has 0 saturated heterocycles. The Kier molecular flexibility index (Phi) is 5.73. The van der Waals surface area contributed by atoms with E-state index < -0.39 is 0 Å². The maximum absolute atomic E-state index is 12.0. The van der Waals surface area contributed by atoms with Gasteiger partial charge in [-0.3, -0.25) is 4.79 Å². The van der Waals surface area contributed by atoms with Crippen molar-refractivity contribution >= 4 is 17.8 Å². The third-order valence-electron chi connectivity index (χ3n) is 3.90. The highest BCUT2D eigenvalue weighted by Crippen LogP contribution is 2.25. The van der Waals surface area contributed by atoms with Crippen LogP contribution in [-0.4, -0.2) is 20.3 Å². The molecular formula is C20H22N4OS. The summed E-state index contributed by atoms with van der Waals surface area (Å²) in [6.45, 7) is 3.96. The molecule has 0 bridgehead atoms. The number of aryl methyl sites for hydroxylation is 2. The summed E-state index contributed by atoms with van der Waals surface area (Å²) in [5.41, 5.74) is 3.34. The first-order chi connectivity index (χ1) is 12.6. The average Bonchev–Trinajstić information content (AvgIpc) is 2.66. The summed E-state index contributed by atoms with van der Waals surface area (Å²) in [5.74, 6) is 2.42. The smallest absolute Gasteiger partial charge is 0.253 e. The Labute approximate surface area is 157 Å². The predicted octanol–water partition coefficient (Wildman–Crippen LogP) is 4.29. The van der Waals surface area contributed by atoms with Gasteiger partial charge in [-0.25, -0.2) is 9.97 Å². The van der Waals surface area contributed by atoms with E-state index in [-0.39, 0.29) is 5.56 Å². The Morgan fingerprint density at radius 3 is 2.58 bits per heavy atom. The average molecular weight is 366 g/mol. The molecule has 0 aliphatic heterocycles. The van der Waals surface area contributed by atoms with Gasteiger partial charge in [0.15, 0.2) is 5.82 Å². The van der Waals surface area contributed by atoms with Crippen molar-refractivity contribution in [2.24, 2.45) is 7.05 Å². The zero-order valence-corrected chi connectivity index (χ0v) is 16.0. The van der Waals surface area contributed by atoms with E-state index in [1.165, 1.54) is 0 Å². The summed E-state index contributed by atoms with van der Waals surface area (Å²) >= 11 is 1.63. The molecule has 134 valence electrons. The predicted molar refractivity (Wildman–Crippen MR) is 109 cm³/mol. The van der Waals surface area contributed by atoms with Gasteiger partial charge in [0, 0.05) is 41.8 Å². The van der Waals surface area contributed by atoms with E-state index in [0.29, 0.717) is 11.4 Å². The second kappa shape index (κ2) is 8.19. The lowest BCUT2D eigenvalue weighted by Crippen LogP contribution is -2.18. The van der Waals surface area contributed by atoms with Crippen LogP contribution in [-0.2, 0) is 7.05 Å². The molecule has 0 radical (unpaired) electrons. The summed E-state index contributed by atoms with van der Waals surface area (Å²) in [6, 6.07) is 13.7. The fraction of sp³-hybridized carbons (Fsp3) is 0.250. The van der Waals surface area contributed by atoms with Crippen LogP contribution >= 0.6 is 11.9 Å². The van der Waals surface area contributed by atoms with E-state index in [4.69, 9.17) is 4.98 Å². The lowest BCUT2D eigenvalue weighted by Gasteiger charge is -2.11. The number of nitrogens with zero attached hydrogens (tertiary/aromatic N) is 3. The Hall–Kier alpha value is -2.60.